The molecule has 0 saturated heterocycles. The van der Waals surface area contributed by atoms with Gasteiger partial charge in [0.05, 0.1) is 5.56 Å². The average Bonchev–Trinajstić information content (AvgIpc) is 3.05. The van der Waals surface area contributed by atoms with E-state index in [9.17, 15) is 26.3 Å². The number of rotatable bonds is 13. The third kappa shape index (κ3) is 8.76. The molecule has 0 fully saturated rings. The van der Waals surface area contributed by atoms with Gasteiger partial charge in [0.2, 0.25) is 0 Å². The number of alkyl halides is 2. The summed E-state index contributed by atoms with van der Waals surface area (Å²) in [4.78, 5) is 0. The topological polar surface area (TPSA) is 9.23 Å². The highest BCUT2D eigenvalue weighted by molar-refractivity contribution is 5.74. The lowest BCUT2D eigenvalue weighted by molar-refractivity contribution is -0.187. The Hall–Kier alpha value is -4.92. The van der Waals surface area contributed by atoms with E-state index in [1.54, 1.807) is 6.07 Å². The van der Waals surface area contributed by atoms with Gasteiger partial charge in [-0.3, -0.25) is 0 Å². The van der Waals surface area contributed by atoms with Gasteiger partial charge >= 0.3 is 6.11 Å². The summed E-state index contributed by atoms with van der Waals surface area (Å²) in [6.45, 7) is 2.04. The first-order valence-corrected chi connectivity index (χ1v) is 15.8. The summed E-state index contributed by atoms with van der Waals surface area (Å²) < 4.78 is 119. The Morgan fingerprint density at radius 2 is 1.20 bits per heavy atom. The van der Waals surface area contributed by atoms with Crippen molar-refractivity contribution >= 4 is 0 Å². The second-order valence-electron chi connectivity index (χ2n) is 11.6. The lowest BCUT2D eigenvalue weighted by Crippen LogP contribution is -2.23. The van der Waals surface area contributed by atoms with Crippen LogP contribution in [-0.2, 0) is 19.0 Å². The molecule has 0 N–H and O–H groups in total. The molecule has 9 heteroatoms. The average molecular weight is 681 g/mol. The van der Waals surface area contributed by atoms with Crippen LogP contribution in [0.3, 0.4) is 0 Å². The van der Waals surface area contributed by atoms with Gasteiger partial charge in [-0.25, -0.2) is 17.6 Å². The van der Waals surface area contributed by atoms with Gasteiger partial charge in [0.15, 0.2) is 0 Å². The number of hydrogen-bond donors (Lipinski definition) is 0. The second-order valence-corrected chi connectivity index (χ2v) is 11.6. The number of halogens is 8. The van der Waals surface area contributed by atoms with Crippen molar-refractivity contribution in [2.45, 2.75) is 51.6 Å². The molecule has 0 aliphatic heterocycles. The third-order valence-electron chi connectivity index (χ3n) is 8.18. The molecule has 5 aromatic rings. The van der Waals surface area contributed by atoms with E-state index in [4.69, 9.17) is 4.74 Å². The van der Waals surface area contributed by atoms with Gasteiger partial charge in [-0.1, -0.05) is 74.4 Å². The predicted molar refractivity (Wildman–Crippen MR) is 175 cm³/mol. The molecule has 49 heavy (non-hydrogen) atoms. The summed E-state index contributed by atoms with van der Waals surface area (Å²) in [5, 5.41) is 0. The van der Waals surface area contributed by atoms with Crippen molar-refractivity contribution in [2.75, 3.05) is 0 Å². The Bertz CT molecular complexity index is 1950. The van der Waals surface area contributed by atoms with Crippen LogP contribution in [0.1, 0.15) is 49.3 Å². The fraction of sp³-hybridized carbons (Fsp3) is 0.200. The van der Waals surface area contributed by atoms with Crippen LogP contribution in [0.15, 0.2) is 109 Å². The SMILES string of the molecule is CCCCCc1ccc(C(F)(F)Oc2ccc(-c3ccc(-c4ccc(-c5ccc(CCC=C(F)F)c(F)c5)c(F)c4)c(F)c3)cc2)c(F)c1. The van der Waals surface area contributed by atoms with Crippen LogP contribution in [0, 0.1) is 23.3 Å². The fourth-order valence-electron chi connectivity index (χ4n) is 5.55. The van der Waals surface area contributed by atoms with Crippen molar-refractivity contribution in [3.63, 3.8) is 0 Å². The molecule has 0 radical (unpaired) electrons. The summed E-state index contributed by atoms with van der Waals surface area (Å²) in [7, 11) is 0. The van der Waals surface area contributed by atoms with E-state index in [2.05, 4.69) is 0 Å². The van der Waals surface area contributed by atoms with Crippen LogP contribution < -0.4 is 4.74 Å². The first-order chi connectivity index (χ1) is 23.4. The lowest BCUT2D eigenvalue weighted by atomic mass is 9.96. The van der Waals surface area contributed by atoms with Crippen molar-refractivity contribution in [3.8, 4) is 39.1 Å². The summed E-state index contributed by atoms with van der Waals surface area (Å²) in [5.41, 5.74) is 1.53. The van der Waals surface area contributed by atoms with Crippen LogP contribution in [-0.4, -0.2) is 0 Å². The maximum atomic E-state index is 15.3. The summed E-state index contributed by atoms with van der Waals surface area (Å²) in [5.74, 6) is -3.30. The van der Waals surface area contributed by atoms with Gasteiger partial charge in [0.25, 0.3) is 6.08 Å². The number of allylic oxidation sites excluding steroid dienone is 1. The van der Waals surface area contributed by atoms with E-state index in [1.807, 2.05) is 6.92 Å². The van der Waals surface area contributed by atoms with Gasteiger partial charge in [0, 0.05) is 11.1 Å². The predicted octanol–water partition coefficient (Wildman–Crippen LogP) is 12.8. The molecule has 254 valence electrons. The zero-order valence-corrected chi connectivity index (χ0v) is 26.5. The third-order valence-corrected chi connectivity index (χ3v) is 8.18. The summed E-state index contributed by atoms with van der Waals surface area (Å²) in [6, 6.07) is 21.4. The van der Waals surface area contributed by atoms with Crippen molar-refractivity contribution in [3.05, 3.63) is 149 Å². The van der Waals surface area contributed by atoms with E-state index >= 15 is 8.78 Å². The highest BCUT2D eigenvalue weighted by atomic mass is 19.3. The molecule has 5 rings (SSSR count). The minimum atomic E-state index is -3.93. The molecule has 0 aliphatic rings. The van der Waals surface area contributed by atoms with Gasteiger partial charge in [-0.15, -0.1) is 0 Å². The normalized spacial score (nSPS) is 11.4. The Balaban J connectivity index is 1.27. The number of ether oxygens (including phenoxy) is 1. The van der Waals surface area contributed by atoms with Crippen LogP contribution >= 0.6 is 0 Å². The van der Waals surface area contributed by atoms with E-state index in [1.165, 1.54) is 66.7 Å². The van der Waals surface area contributed by atoms with Gasteiger partial charge in [-0.05, 0) is 108 Å². The zero-order valence-electron chi connectivity index (χ0n) is 26.5. The van der Waals surface area contributed by atoms with Crippen LogP contribution in [0.5, 0.6) is 5.75 Å². The van der Waals surface area contributed by atoms with Gasteiger partial charge < -0.3 is 4.74 Å². The quantitative estimate of drug-likeness (QED) is 0.0888. The smallest absolute Gasteiger partial charge is 0.429 e. The molecule has 0 spiro atoms. The summed E-state index contributed by atoms with van der Waals surface area (Å²) >= 11 is 0. The number of hydrogen-bond acceptors (Lipinski definition) is 1. The molecule has 0 amide bonds. The largest absolute Gasteiger partial charge is 0.429 e. The highest BCUT2D eigenvalue weighted by Gasteiger charge is 2.37. The monoisotopic (exact) mass is 680 g/mol. The molecule has 0 unspecified atom stereocenters. The number of unbranched alkanes of at least 4 members (excludes halogenated alkanes) is 2. The highest BCUT2D eigenvalue weighted by Crippen LogP contribution is 2.36. The molecule has 0 heterocycles. The molecule has 0 atom stereocenters. The van der Waals surface area contributed by atoms with Crippen molar-refractivity contribution in [1.29, 1.82) is 0 Å². The zero-order chi connectivity index (χ0) is 35.1. The maximum Gasteiger partial charge on any atom is 0.429 e. The van der Waals surface area contributed by atoms with Crippen molar-refractivity contribution in [2.24, 2.45) is 0 Å². The van der Waals surface area contributed by atoms with Gasteiger partial charge in [0.1, 0.15) is 29.0 Å². The number of aryl methyl sites for hydroxylation is 2. The van der Waals surface area contributed by atoms with Crippen LogP contribution in [0.4, 0.5) is 35.1 Å². The summed E-state index contributed by atoms with van der Waals surface area (Å²) in [6.07, 6.45) is -1.67. The van der Waals surface area contributed by atoms with Gasteiger partial charge in [-0.2, -0.15) is 17.6 Å². The van der Waals surface area contributed by atoms with E-state index in [-0.39, 0.29) is 46.4 Å². The molecule has 0 aliphatic carbocycles. The second kappa shape index (κ2) is 15.5. The Kier molecular flexibility index (Phi) is 11.2. The van der Waals surface area contributed by atoms with Crippen molar-refractivity contribution in [1.82, 2.24) is 0 Å². The Morgan fingerprint density at radius 3 is 1.80 bits per heavy atom. The van der Waals surface area contributed by atoms with E-state index in [0.29, 0.717) is 29.2 Å². The molecular weight excluding hydrogens is 648 g/mol. The first kappa shape index (κ1) is 35.4. The molecule has 0 bridgehead atoms. The molecular formula is C40H32F8O. The van der Waals surface area contributed by atoms with Crippen LogP contribution in [0.2, 0.25) is 0 Å². The maximum absolute atomic E-state index is 15.3. The molecule has 0 saturated carbocycles. The standard InChI is InChI=1S/C40H32F8O/c1-2-3-4-6-25-9-20-34(38(44)21-25)40(47,48)49-31-16-12-26(13-17-31)28-14-18-32(36(42)22-28)30-15-19-33(37(43)24-30)29-11-10-27(35(41)23-29)7-5-8-39(45)46/h8-24H,2-7H2,1H3. The minimum Gasteiger partial charge on any atom is -0.429 e. The minimum absolute atomic E-state index is 0.0400. The number of benzene rings is 5. The molecule has 5 aromatic carbocycles. The molecule has 1 nitrogen and oxygen atoms in total. The Morgan fingerprint density at radius 1 is 0.612 bits per heavy atom. The fourth-order valence-corrected chi connectivity index (χ4v) is 5.55. The van der Waals surface area contributed by atoms with E-state index in [0.717, 1.165) is 43.5 Å². The van der Waals surface area contributed by atoms with Crippen molar-refractivity contribution < 1.29 is 39.9 Å². The lowest BCUT2D eigenvalue weighted by Gasteiger charge is -2.19. The molecule has 0 aromatic heterocycles. The van der Waals surface area contributed by atoms with E-state index < -0.39 is 41.0 Å². The first-order valence-electron chi connectivity index (χ1n) is 15.8. The van der Waals surface area contributed by atoms with Crippen LogP contribution in [0.25, 0.3) is 33.4 Å². The Labute approximate surface area is 279 Å².